The predicted molar refractivity (Wildman–Crippen MR) is 73.9 cm³/mol. The molecule has 1 saturated heterocycles. The van der Waals surface area contributed by atoms with Crippen LogP contribution in [0.1, 0.15) is 24.4 Å². The zero-order chi connectivity index (χ0) is 15.5. The van der Waals surface area contributed by atoms with Crippen molar-refractivity contribution in [2.24, 2.45) is 0 Å². The molecule has 0 unspecified atom stereocenters. The number of nitrogens with one attached hydrogen (secondary N) is 1. The summed E-state index contributed by atoms with van der Waals surface area (Å²) in [6.07, 6.45) is -5.26. The smallest absolute Gasteiger partial charge is 0.314 e. The van der Waals surface area contributed by atoms with Crippen molar-refractivity contribution in [3.63, 3.8) is 0 Å². The molecule has 0 bridgehead atoms. The number of alkyl halides is 3. The SMILES string of the molecule is Fc1cccc([C@H](CCC(F)(F)F)N2CCNCC2)c1Cl. The summed E-state index contributed by atoms with van der Waals surface area (Å²) in [6.45, 7) is 2.65. The number of benzene rings is 1. The van der Waals surface area contributed by atoms with Gasteiger partial charge in [-0.2, -0.15) is 13.2 Å². The van der Waals surface area contributed by atoms with Gasteiger partial charge in [-0.15, -0.1) is 0 Å². The molecule has 7 heteroatoms. The van der Waals surface area contributed by atoms with Crippen LogP contribution in [0.15, 0.2) is 18.2 Å². The summed E-state index contributed by atoms with van der Waals surface area (Å²) in [4.78, 5) is 1.93. The zero-order valence-corrected chi connectivity index (χ0v) is 12.1. The molecule has 1 fully saturated rings. The molecule has 1 aromatic carbocycles. The van der Waals surface area contributed by atoms with Crippen LogP contribution in [0, 0.1) is 5.82 Å². The van der Waals surface area contributed by atoms with Gasteiger partial charge in [-0.05, 0) is 18.1 Å². The minimum atomic E-state index is -4.23. The lowest BCUT2D eigenvalue weighted by Gasteiger charge is -2.36. The van der Waals surface area contributed by atoms with Crippen LogP contribution >= 0.6 is 11.6 Å². The summed E-state index contributed by atoms with van der Waals surface area (Å²) in [7, 11) is 0. The first-order chi connectivity index (χ1) is 9.88. The number of nitrogens with zero attached hydrogens (tertiary/aromatic N) is 1. The van der Waals surface area contributed by atoms with Gasteiger partial charge in [-0.3, -0.25) is 4.90 Å². The summed E-state index contributed by atoms with van der Waals surface area (Å²) < 4.78 is 51.2. The summed E-state index contributed by atoms with van der Waals surface area (Å²) in [5, 5.41) is 3.07. The van der Waals surface area contributed by atoms with Gasteiger partial charge in [0.05, 0.1) is 5.02 Å². The van der Waals surface area contributed by atoms with E-state index in [1.54, 1.807) is 6.07 Å². The third-order valence-corrected chi connectivity index (χ3v) is 4.03. The van der Waals surface area contributed by atoms with Crippen LogP contribution in [0.25, 0.3) is 0 Å². The summed E-state index contributed by atoms with van der Waals surface area (Å²) in [6, 6.07) is 3.79. The second-order valence-corrected chi connectivity index (χ2v) is 5.48. The summed E-state index contributed by atoms with van der Waals surface area (Å²) in [5.74, 6) is -0.596. The fraction of sp³-hybridized carbons (Fsp3) is 0.571. The molecule has 0 radical (unpaired) electrons. The van der Waals surface area contributed by atoms with Crippen LogP contribution in [-0.4, -0.2) is 37.3 Å². The molecule has 2 nitrogen and oxygen atoms in total. The Balaban J connectivity index is 2.23. The molecule has 0 aliphatic carbocycles. The maximum atomic E-state index is 13.6. The molecule has 0 aromatic heterocycles. The molecule has 1 aliphatic heterocycles. The largest absolute Gasteiger partial charge is 0.389 e. The van der Waals surface area contributed by atoms with Gasteiger partial charge in [-0.1, -0.05) is 23.7 Å². The van der Waals surface area contributed by atoms with Crippen LogP contribution in [-0.2, 0) is 0 Å². The Morgan fingerprint density at radius 1 is 1.24 bits per heavy atom. The van der Waals surface area contributed by atoms with E-state index >= 15 is 0 Å². The van der Waals surface area contributed by atoms with E-state index in [-0.39, 0.29) is 11.4 Å². The third kappa shape index (κ3) is 4.56. The molecule has 1 heterocycles. The highest BCUT2D eigenvalue weighted by molar-refractivity contribution is 6.31. The van der Waals surface area contributed by atoms with E-state index in [1.165, 1.54) is 12.1 Å². The topological polar surface area (TPSA) is 15.3 Å². The van der Waals surface area contributed by atoms with Gasteiger partial charge in [0.1, 0.15) is 5.82 Å². The third-order valence-electron chi connectivity index (χ3n) is 3.63. The van der Waals surface area contributed by atoms with Crippen LogP contribution in [0.3, 0.4) is 0 Å². The van der Waals surface area contributed by atoms with Crippen molar-refractivity contribution in [3.05, 3.63) is 34.6 Å². The normalized spacial score (nSPS) is 18.7. The second-order valence-electron chi connectivity index (χ2n) is 5.10. The van der Waals surface area contributed by atoms with Crippen LogP contribution in [0.4, 0.5) is 17.6 Å². The Labute approximate surface area is 126 Å². The lowest BCUT2D eigenvalue weighted by atomic mass is 9.99. The molecule has 2 rings (SSSR count). The quantitative estimate of drug-likeness (QED) is 0.848. The van der Waals surface area contributed by atoms with Gasteiger partial charge in [0.2, 0.25) is 0 Å². The van der Waals surface area contributed by atoms with E-state index in [9.17, 15) is 17.6 Å². The van der Waals surface area contributed by atoms with Crippen LogP contribution in [0.2, 0.25) is 5.02 Å². The van der Waals surface area contributed by atoms with Gasteiger partial charge in [-0.25, -0.2) is 4.39 Å². The highest BCUT2D eigenvalue weighted by atomic mass is 35.5. The molecule has 1 aromatic rings. The number of hydrogen-bond donors (Lipinski definition) is 1. The molecule has 0 spiro atoms. The lowest BCUT2D eigenvalue weighted by Crippen LogP contribution is -2.45. The zero-order valence-electron chi connectivity index (χ0n) is 11.4. The highest BCUT2D eigenvalue weighted by Gasteiger charge is 2.32. The molecule has 118 valence electrons. The van der Waals surface area contributed by atoms with Gasteiger partial charge >= 0.3 is 6.18 Å². The van der Waals surface area contributed by atoms with Crippen molar-refractivity contribution >= 4 is 11.6 Å². The van der Waals surface area contributed by atoms with Crippen molar-refractivity contribution in [2.75, 3.05) is 26.2 Å². The van der Waals surface area contributed by atoms with Crippen molar-refractivity contribution < 1.29 is 17.6 Å². The van der Waals surface area contributed by atoms with E-state index in [4.69, 9.17) is 11.6 Å². The van der Waals surface area contributed by atoms with E-state index in [2.05, 4.69) is 5.32 Å². The number of rotatable bonds is 4. The molecular formula is C14H17ClF4N2. The standard InChI is InChI=1S/C14H17ClF4N2/c15-13-10(2-1-3-11(13)16)12(4-5-14(17,18)19)21-8-6-20-7-9-21/h1-3,12,20H,4-9H2/t12-/m0/s1. The fourth-order valence-electron chi connectivity index (χ4n) is 2.61. The Bertz CT molecular complexity index is 473. The molecular weight excluding hydrogens is 308 g/mol. The van der Waals surface area contributed by atoms with Gasteiger partial charge in [0.15, 0.2) is 0 Å². The van der Waals surface area contributed by atoms with E-state index in [0.29, 0.717) is 31.7 Å². The minimum Gasteiger partial charge on any atom is -0.314 e. The monoisotopic (exact) mass is 324 g/mol. The van der Waals surface area contributed by atoms with Crippen molar-refractivity contribution in [1.82, 2.24) is 10.2 Å². The Hall–Kier alpha value is -0.850. The van der Waals surface area contributed by atoms with Gasteiger partial charge in [0, 0.05) is 38.6 Å². The van der Waals surface area contributed by atoms with Gasteiger partial charge < -0.3 is 5.32 Å². The molecule has 1 N–H and O–H groups in total. The second kappa shape index (κ2) is 6.94. The van der Waals surface area contributed by atoms with Crippen molar-refractivity contribution in [1.29, 1.82) is 0 Å². The average Bonchev–Trinajstić information content (AvgIpc) is 2.43. The minimum absolute atomic E-state index is 0.0804. The van der Waals surface area contributed by atoms with E-state index < -0.39 is 24.5 Å². The van der Waals surface area contributed by atoms with Crippen LogP contribution in [0.5, 0.6) is 0 Å². The molecule has 1 aliphatic rings. The molecule has 1 atom stereocenters. The Morgan fingerprint density at radius 2 is 1.90 bits per heavy atom. The first-order valence-corrected chi connectivity index (χ1v) is 7.22. The maximum Gasteiger partial charge on any atom is 0.389 e. The van der Waals surface area contributed by atoms with E-state index in [0.717, 1.165) is 0 Å². The average molecular weight is 325 g/mol. The fourth-order valence-corrected chi connectivity index (χ4v) is 2.86. The molecule has 0 saturated carbocycles. The van der Waals surface area contributed by atoms with Gasteiger partial charge in [0.25, 0.3) is 0 Å². The Kier molecular flexibility index (Phi) is 5.46. The predicted octanol–water partition coefficient (Wildman–Crippen LogP) is 3.77. The summed E-state index contributed by atoms with van der Waals surface area (Å²) >= 11 is 5.96. The number of hydrogen-bond acceptors (Lipinski definition) is 2. The summed E-state index contributed by atoms with van der Waals surface area (Å²) in [5.41, 5.74) is 0.433. The van der Waals surface area contributed by atoms with Crippen molar-refractivity contribution in [3.8, 4) is 0 Å². The molecule has 0 amide bonds. The highest BCUT2D eigenvalue weighted by Crippen LogP contribution is 2.35. The number of piperazine rings is 1. The lowest BCUT2D eigenvalue weighted by molar-refractivity contribution is -0.138. The first kappa shape index (κ1) is 16.5. The van der Waals surface area contributed by atoms with Crippen LogP contribution < -0.4 is 5.32 Å². The molecule has 21 heavy (non-hydrogen) atoms. The van der Waals surface area contributed by atoms with E-state index in [1.807, 2.05) is 4.90 Å². The Morgan fingerprint density at radius 3 is 2.52 bits per heavy atom. The number of halogens is 5. The maximum absolute atomic E-state index is 13.6. The van der Waals surface area contributed by atoms with Crippen molar-refractivity contribution in [2.45, 2.75) is 25.1 Å². The first-order valence-electron chi connectivity index (χ1n) is 6.84.